The lowest BCUT2D eigenvalue weighted by atomic mass is 10.1. The van der Waals surface area contributed by atoms with Gasteiger partial charge in [-0.3, -0.25) is 14.3 Å². The van der Waals surface area contributed by atoms with E-state index in [1.54, 1.807) is 48.2 Å². The van der Waals surface area contributed by atoms with Crippen molar-refractivity contribution in [3.8, 4) is 0 Å². The lowest BCUT2D eigenvalue weighted by Gasteiger charge is -2.24. The van der Waals surface area contributed by atoms with Crippen LogP contribution in [0.3, 0.4) is 0 Å². The minimum absolute atomic E-state index is 0.0847. The van der Waals surface area contributed by atoms with Crippen LogP contribution in [-0.4, -0.2) is 30.9 Å². The molecule has 1 saturated heterocycles. The Morgan fingerprint density at radius 3 is 2.26 bits per heavy atom. The van der Waals surface area contributed by atoms with Gasteiger partial charge >= 0.3 is 0 Å². The fourth-order valence-corrected chi connectivity index (χ4v) is 7.19. The van der Waals surface area contributed by atoms with Gasteiger partial charge in [-0.1, -0.05) is 78.9 Å². The van der Waals surface area contributed by atoms with Gasteiger partial charge in [0, 0.05) is 23.2 Å². The molecule has 1 atom stereocenters. The molecule has 0 saturated carbocycles. The minimum Gasteiger partial charge on any atom is -0.322 e. The Bertz CT molecular complexity index is 1850. The second-order valence-electron chi connectivity index (χ2n) is 9.90. The van der Waals surface area contributed by atoms with Crippen molar-refractivity contribution in [1.82, 2.24) is 4.90 Å². The maximum atomic E-state index is 13.1. The zero-order valence-corrected chi connectivity index (χ0v) is 24.1. The summed E-state index contributed by atoms with van der Waals surface area (Å²) in [6.45, 7) is 0.531. The summed E-state index contributed by atoms with van der Waals surface area (Å²) >= 11 is 1.57. The molecule has 5 aromatic carbocycles. The van der Waals surface area contributed by atoms with Crippen LogP contribution in [0.2, 0.25) is 0 Å². The number of sulfonamides is 1. The topological polar surface area (TPSA) is 95.6 Å². The first kappa shape index (κ1) is 27.6. The summed E-state index contributed by atoms with van der Waals surface area (Å²) in [4.78, 5) is 27.5. The average molecular weight is 594 g/mol. The second-order valence-corrected chi connectivity index (χ2v) is 12.7. The zero-order valence-electron chi connectivity index (χ0n) is 22.4. The molecule has 1 fully saturated rings. The fourth-order valence-electron chi connectivity index (χ4n) is 4.92. The molecule has 42 heavy (non-hydrogen) atoms. The molecule has 9 heteroatoms. The van der Waals surface area contributed by atoms with Crippen molar-refractivity contribution in [3.63, 3.8) is 0 Å². The number of thioether (sulfide) groups is 1. The Morgan fingerprint density at radius 2 is 1.50 bits per heavy atom. The highest BCUT2D eigenvalue weighted by Gasteiger charge is 2.32. The van der Waals surface area contributed by atoms with Crippen molar-refractivity contribution >= 4 is 55.7 Å². The smallest absolute Gasteiger partial charge is 0.261 e. The Hall–Kier alpha value is -4.60. The van der Waals surface area contributed by atoms with Crippen molar-refractivity contribution in [1.29, 1.82) is 0 Å². The number of amides is 2. The standard InChI is InChI=1S/C33H27N3O4S2/c37-31-22-41-33(36(31)21-23-7-2-1-3-8-23)26-15-13-25(14-16-26)32(38)34-27-17-19-28(20-18-27)42(39,40)35-30-12-6-10-24-9-4-5-11-29(24)30/h1-20,33,35H,21-22H2,(H,34,38). The van der Waals surface area contributed by atoms with E-state index in [9.17, 15) is 18.0 Å². The number of carbonyl (C=O) groups excluding carboxylic acids is 2. The predicted octanol–water partition coefficient (Wildman–Crippen LogP) is 6.67. The molecule has 6 rings (SSSR count). The van der Waals surface area contributed by atoms with Gasteiger partial charge < -0.3 is 10.2 Å². The van der Waals surface area contributed by atoms with Crippen molar-refractivity contribution in [2.24, 2.45) is 0 Å². The molecule has 5 aromatic rings. The van der Waals surface area contributed by atoms with Crippen LogP contribution in [0.15, 0.2) is 126 Å². The van der Waals surface area contributed by atoms with Gasteiger partial charge in [-0.25, -0.2) is 8.42 Å². The Kier molecular flexibility index (Phi) is 7.69. The molecule has 210 valence electrons. The molecule has 7 nitrogen and oxygen atoms in total. The molecule has 1 aliphatic heterocycles. The van der Waals surface area contributed by atoms with Crippen molar-refractivity contribution in [3.05, 3.63) is 138 Å². The van der Waals surface area contributed by atoms with E-state index in [1.165, 1.54) is 12.1 Å². The molecular formula is C33H27N3O4S2. The number of rotatable bonds is 8. The predicted molar refractivity (Wildman–Crippen MR) is 168 cm³/mol. The molecular weight excluding hydrogens is 567 g/mol. The van der Waals surface area contributed by atoms with Crippen LogP contribution in [0, 0.1) is 0 Å². The summed E-state index contributed by atoms with van der Waals surface area (Å²) in [6.07, 6.45) is 0. The lowest BCUT2D eigenvalue weighted by Crippen LogP contribution is -2.27. The SMILES string of the molecule is O=C(Nc1ccc(S(=O)(=O)Nc2cccc3ccccc23)cc1)c1ccc(C2SCC(=O)N2Cc2ccccc2)cc1. The summed E-state index contributed by atoms with van der Waals surface area (Å²) in [5.74, 6) is 0.193. The van der Waals surface area contributed by atoms with Crippen LogP contribution in [-0.2, 0) is 21.4 Å². The maximum absolute atomic E-state index is 13.1. The van der Waals surface area contributed by atoms with Crippen molar-refractivity contribution < 1.29 is 18.0 Å². The van der Waals surface area contributed by atoms with E-state index in [0.29, 0.717) is 29.2 Å². The van der Waals surface area contributed by atoms with Crippen molar-refractivity contribution in [2.75, 3.05) is 15.8 Å². The average Bonchev–Trinajstić information content (AvgIpc) is 3.37. The normalized spacial score (nSPS) is 15.1. The highest BCUT2D eigenvalue weighted by atomic mass is 32.2. The summed E-state index contributed by atoms with van der Waals surface area (Å²) in [5, 5.41) is 4.45. The first-order chi connectivity index (χ1) is 20.4. The van der Waals surface area contributed by atoms with Crippen LogP contribution < -0.4 is 10.0 Å². The Labute approximate surface area is 248 Å². The second kappa shape index (κ2) is 11.7. The van der Waals surface area contributed by atoms with Gasteiger partial charge in [-0.05, 0) is 59.0 Å². The first-order valence-corrected chi connectivity index (χ1v) is 15.9. The lowest BCUT2D eigenvalue weighted by molar-refractivity contribution is -0.128. The van der Waals surface area contributed by atoms with Gasteiger partial charge in [0.1, 0.15) is 5.37 Å². The third-order valence-electron chi connectivity index (χ3n) is 7.08. The van der Waals surface area contributed by atoms with Crippen LogP contribution >= 0.6 is 11.8 Å². The molecule has 2 N–H and O–H groups in total. The molecule has 2 amide bonds. The van der Waals surface area contributed by atoms with E-state index in [2.05, 4.69) is 10.0 Å². The molecule has 0 radical (unpaired) electrons. The van der Waals surface area contributed by atoms with Crippen LogP contribution in [0.1, 0.15) is 26.9 Å². The van der Waals surface area contributed by atoms with E-state index in [4.69, 9.17) is 0 Å². The highest BCUT2D eigenvalue weighted by Crippen LogP contribution is 2.39. The minimum atomic E-state index is -3.84. The quantitative estimate of drug-likeness (QED) is 0.210. The van der Waals surface area contributed by atoms with E-state index >= 15 is 0 Å². The van der Waals surface area contributed by atoms with Crippen LogP contribution in [0.25, 0.3) is 10.8 Å². The van der Waals surface area contributed by atoms with Crippen LogP contribution in [0.4, 0.5) is 11.4 Å². The number of fused-ring (bicyclic) bond motifs is 1. The number of carbonyl (C=O) groups is 2. The molecule has 0 aliphatic carbocycles. The Balaban J connectivity index is 1.11. The summed E-state index contributed by atoms with van der Waals surface area (Å²) < 4.78 is 28.8. The summed E-state index contributed by atoms with van der Waals surface area (Å²) in [6, 6.07) is 36.2. The molecule has 0 spiro atoms. The number of nitrogens with zero attached hydrogens (tertiary/aromatic N) is 1. The molecule has 1 aliphatic rings. The van der Waals surface area contributed by atoms with Crippen molar-refractivity contribution in [2.45, 2.75) is 16.8 Å². The van der Waals surface area contributed by atoms with Gasteiger partial charge in [0.15, 0.2) is 0 Å². The van der Waals surface area contributed by atoms with Gasteiger partial charge in [-0.15, -0.1) is 11.8 Å². The molecule has 0 aromatic heterocycles. The number of benzene rings is 5. The monoisotopic (exact) mass is 593 g/mol. The third kappa shape index (κ3) is 5.88. The van der Waals surface area contributed by atoms with E-state index in [1.807, 2.05) is 77.7 Å². The molecule has 1 unspecified atom stereocenters. The zero-order chi connectivity index (χ0) is 29.1. The highest BCUT2D eigenvalue weighted by molar-refractivity contribution is 8.00. The molecule has 1 heterocycles. The fraction of sp³-hybridized carbons (Fsp3) is 0.0909. The van der Waals surface area contributed by atoms with E-state index < -0.39 is 10.0 Å². The number of anilines is 2. The third-order valence-corrected chi connectivity index (χ3v) is 9.72. The Morgan fingerprint density at radius 1 is 0.810 bits per heavy atom. The number of hydrogen-bond acceptors (Lipinski definition) is 5. The summed E-state index contributed by atoms with van der Waals surface area (Å²) in [7, 11) is -3.84. The molecule has 0 bridgehead atoms. The summed E-state index contributed by atoms with van der Waals surface area (Å²) in [5.41, 5.74) is 3.44. The first-order valence-electron chi connectivity index (χ1n) is 13.3. The number of nitrogens with one attached hydrogen (secondary N) is 2. The van der Waals surface area contributed by atoms with Gasteiger partial charge in [0.2, 0.25) is 5.91 Å². The largest absolute Gasteiger partial charge is 0.322 e. The van der Waals surface area contributed by atoms with Crippen LogP contribution in [0.5, 0.6) is 0 Å². The van der Waals surface area contributed by atoms with Gasteiger partial charge in [0.25, 0.3) is 15.9 Å². The number of hydrogen-bond donors (Lipinski definition) is 2. The van der Waals surface area contributed by atoms with Gasteiger partial charge in [0.05, 0.1) is 16.3 Å². The van der Waals surface area contributed by atoms with E-state index in [0.717, 1.165) is 21.9 Å². The van der Waals surface area contributed by atoms with Gasteiger partial charge in [-0.2, -0.15) is 0 Å². The van der Waals surface area contributed by atoms with E-state index in [-0.39, 0.29) is 22.1 Å². The maximum Gasteiger partial charge on any atom is 0.261 e.